The van der Waals surface area contributed by atoms with Crippen LogP contribution in [0.25, 0.3) is 0 Å². The number of carboxylic acids is 2. The first-order chi connectivity index (χ1) is 9.01. The molecular formula is C14H26N2O4. The van der Waals surface area contributed by atoms with Crippen molar-refractivity contribution < 1.29 is 19.8 Å². The van der Waals surface area contributed by atoms with Gasteiger partial charge in [-0.15, -0.1) is 0 Å². The van der Waals surface area contributed by atoms with Crippen LogP contribution in [0.4, 0.5) is 0 Å². The predicted molar refractivity (Wildman–Crippen MR) is 75.8 cm³/mol. The number of azo groups is 1. The predicted octanol–water partition coefficient (Wildman–Crippen LogP) is 3.22. The summed E-state index contributed by atoms with van der Waals surface area (Å²) in [6, 6.07) is -0.947. The Kier molecular flexibility index (Phi) is 6.32. The normalized spacial score (nSPS) is 16.1. The van der Waals surface area contributed by atoms with Crippen LogP contribution in [-0.4, -0.2) is 34.2 Å². The fraction of sp³-hybridized carbons (Fsp3) is 0.857. The zero-order valence-corrected chi connectivity index (χ0v) is 13.2. The minimum Gasteiger partial charge on any atom is -0.481 e. The molecule has 6 heteroatoms. The highest BCUT2D eigenvalue weighted by atomic mass is 16.4. The number of hydrogen-bond acceptors (Lipinski definition) is 4. The van der Waals surface area contributed by atoms with Crippen LogP contribution in [0.3, 0.4) is 0 Å². The Balaban J connectivity index is 5.24. The van der Waals surface area contributed by atoms with Gasteiger partial charge in [-0.1, -0.05) is 13.8 Å². The van der Waals surface area contributed by atoms with Gasteiger partial charge in [0.2, 0.25) is 0 Å². The van der Waals surface area contributed by atoms with Crippen molar-refractivity contribution >= 4 is 11.9 Å². The largest absolute Gasteiger partial charge is 0.481 e. The fourth-order valence-electron chi connectivity index (χ4n) is 1.92. The van der Waals surface area contributed by atoms with Crippen LogP contribution in [0.1, 0.15) is 54.4 Å². The molecule has 0 aromatic heterocycles. The van der Waals surface area contributed by atoms with E-state index in [1.807, 2.05) is 13.8 Å². The summed E-state index contributed by atoms with van der Waals surface area (Å²) >= 11 is 0. The molecule has 2 atom stereocenters. The molecule has 0 bridgehead atoms. The summed E-state index contributed by atoms with van der Waals surface area (Å²) in [5.74, 6) is -1.87. The first-order valence-corrected chi connectivity index (χ1v) is 6.88. The smallest absolute Gasteiger partial charge is 0.311 e. The summed E-state index contributed by atoms with van der Waals surface area (Å²) in [5, 5.41) is 26.7. The number of carbonyl (C=O) groups is 2. The average molecular weight is 286 g/mol. The van der Waals surface area contributed by atoms with E-state index in [9.17, 15) is 19.8 Å². The highest BCUT2D eigenvalue weighted by molar-refractivity contribution is 5.75. The van der Waals surface area contributed by atoms with Crippen molar-refractivity contribution in [3.05, 3.63) is 0 Å². The second kappa shape index (κ2) is 6.81. The Morgan fingerprint density at radius 2 is 1.10 bits per heavy atom. The molecule has 0 rings (SSSR count). The van der Waals surface area contributed by atoms with Crippen molar-refractivity contribution in [1.29, 1.82) is 0 Å². The van der Waals surface area contributed by atoms with E-state index in [0.29, 0.717) is 12.8 Å². The van der Waals surface area contributed by atoms with Gasteiger partial charge >= 0.3 is 11.9 Å². The molecule has 0 spiro atoms. The van der Waals surface area contributed by atoms with Gasteiger partial charge < -0.3 is 10.2 Å². The molecule has 2 unspecified atom stereocenters. The third kappa shape index (κ3) is 4.02. The summed E-state index contributed by atoms with van der Waals surface area (Å²) in [5.41, 5.74) is -2.05. The molecule has 0 aliphatic carbocycles. The van der Waals surface area contributed by atoms with Crippen LogP contribution in [0.2, 0.25) is 0 Å². The number of hydrogen-bond donors (Lipinski definition) is 2. The molecule has 0 saturated carbocycles. The molecule has 0 saturated heterocycles. The summed E-state index contributed by atoms with van der Waals surface area (Å²) in [7, 11) is 0. The lowest BCUT2D eigenvalue weighted by atomic mass is 9.83. The molecule has 6 nitrogen and oxygen atoms in total. The van der Waals surface area contributed by atoms with Crippen molar-refractivity contribution in [3.8, 4) is 0 Å². The van der Waals surface area contributed by atoms with Crippen molar-refractivity contribution in [2.75, 3.05) is 0 Å². The third-order valence-corrected chi connectivity index (χ3v) is 3.89. The molecule has 0 aliphatic rings. The van der Waals surface area contributed by atoms with Crippen LogP contribution < -0.4 is 0 Å². The van der Waals surface area contributed by atoms with Gasteiger partial charge in [0.1, 0.15) is 0 Å². The zero-order valence-electron chi connectivity index (χ0n) is 13.2. The van der Waals surface area contributed by atoms with Crippen molar-refractivity contribution in [2.24, 2.45) is 21.1 Å². The van der Waals surface area contributed by atoms with Gasteiger partial charge in [-0.05, 0) is 40.5 Å². The summed E-state index contributed by atoms with van der Waals surface area (Å²) in [4.78, 5) is 22.5. The van der Waals surface area contributed by atoms with Gasteiger partial charge in [0, 0.05) is 0 Å². The second-order valence-corrected chi connectivity index (χ2v) is 6.13. The molecule has 2 N–H and O–H groups in total. The number of aliphatic carboxylic acids is 2. The quantitative estimate of drug-likeness (QED) is 0.669. The van der Waals surface area contributed by atoms with E-state index in [-0.39, 0.29) is 0 Å². The van der Waals surface area contributed by atoms with Gasteiger partial charge in [-0.3, -0.25) is 9.59 Å². The van der Waals surface area contributed by atoms with Crippen LogP contribution in [0, 0.1) is 10.8 Å². The molecule has 0 radical (unpaired) electrons. The minimum atomic E-state index is -1.02. The van der Waals surface area contributed by atoms with Gasteiger partial charge in [0.15, 0.2) is 0 Å². The lowest BCUT2D eigenvalue weighted by Gasteiger charge is -2.28. The van der Waals surface area contributed by atoms with E-state index in [0.717, 1.165) is 0 Å². The Morgan fingerprint density at radius 3 is 1.25 bits per heavy atom. The standard InChI is InChI=1S/C14H26N2O4/c1-7-9(13(3,4)11(17)18)15-16-10(8-2)14(5,6)12(19)20/h9-10H,7-8H2,1-6H3,(H,17,18)(H,19,20). The SMILES string of the molecule is CCC(N=NC(CC)C(C)(C)C(=O)O)C(C)(C)C(=O)O. The maximum absolute atomic E-state index is 11.2. The molecule has 0 aliphatic heterocycles. The number of carboxylic acid groups (broad SMARTS) is 2. The van der Waals surface area contributed by atoms with Gasteiger partial charge in [0.05, 0.1) is 22.9 Å². The van der Waals surface area contributed by atoms with Gasteiger partial charge in [-0.25, -0.2) is 0 Å². The van der Waals surface area contributed by atoms with E-state index >= 15 is 0 Å². The average Bonchev–Trinajstić information content (AvgIpc) is 2.33. The summed E-state index contributed by atoms with van der Waals surface area (Å²) < 4.78 is 0. The molecule has 0 fully saturated rings. The van der Waals surface area contributed by atoms with E-state index in [1.54, 1.807) is 27.7 Å². The zero-order chi connectivity index (χ0) is 16.1. The van der Waals surface area contributed by atoms with Gasteiger partial charge in [-0.2, -0.15) is 10.2 Å². The number of nitrogens with zero attached hydrogens (tertiary/aromatic N) is 2. The maximum atomic E-state index is 11.2. The highest BCUT2D eigenvalue weighted by Crippen LogP contribution is 2.30. The Morgan fingerprint density at radius 1 is 0.850 bits per heavy atom. The lowest BCUT2D eigenvalue weighted by molar-refractivity contribution is -0.149. The fourth-order valence-corrected chi connectivity index (χ4v) is 1.92. The third-order valence-electron chi connectivity index (χ3n) is 3.89. The van der Waals surface area contributed by atoms with Crippen molar-refractivity contribution in [1.82, 2.24) is 0 Å². The summed E-state index contributed by atoms with van der Waals surface area (Å²) in [6.07, 6.45) is 1.07. The molecule has 0 heterocycles. The topological polar surface area (TPSA) is 99.3 Å². The molecule has 20 heavy (non-hydrogen) atoms. The van der Waals surface area contributed by atoms with Crippen LogP contribution in [-0.2, 0) is 9.59 Å². The maximum Gasteiger partial charge on any atom is 0.311 e. The van der Waals surface area contributed by atoms with Crippen molar-refractivity contribution in [2.45, 2.75) is 66.5 Å². The summed E-state index contributed by atoms with van der Waals surface area (Å²) in [6.45, 7) is 10.1. The second-order valence-electron chi connectivity index (χ2n) is 6.13. The Labute approximate surface area is 120 Å². The lowest BCUT2D eigenvalue weighted by Crippen LogP contribution is -2.37. The van der Waals surface area contributed by atoms with E-state index in [1.165, 1.54) is 0 Å². The minimum absolute atomic E-state index is 0.473. The van der Waals surface area contributed by atoms with E-state index in [2.05, 4.69) is 10.2 Å². The first kappa shape index (κ1) is 18.5. The molecule has 0 amide bonds. The highest BCUT2D eigenvalue weighted by Gasteiger charge is 2.38. The Hall–Kier alpha value is -1.46. The van der Waals surface area contributed by atoms with Crippen LogP contribution >= 0.6 is 0 Å². The van der Waals surface area contributed by atoms with Gasteiger partial charge in [0.25, 0.3) is 0 Å². The van der Waals surface area contributed by atoms with Crippen molar-refractivity contribution in [3.63, 3.8) is 0 Å². The molecule has 0 aromatic carbocycles. The molecule has 0 aromatic rings. The first-order valence-electron chi connectivity index (χ1n) is 6.88. The van der Waals surface area contributed by atoms with Crippen LogP contribution in [0.15, 0.2) is 10.2 Å². The Bertz CT molecular complexity index is 353. The van der Waals surface area contributed by atoms with E-state index in [4.69, 9.17) is 0 Å². The molecule has 116 valence electrons. The number of rotatable bonds is 8. The molecular weight excluding hydrogens is 260 g/mol. The van der Waals surface area contributed by atoms with E-state index < -0.39 is 34.9 Å². The monoisotopic (exact) mass is 286 g/mol. The van der Waals surface area contributed by atoms with Crippen LogP contribution in [0.5, 0.6) is 0 Å².